The minimum Gasteiger partial charge on any atom is -0.325 e. The molecule has 0 aliphatic carbocycles. The number of nitrogens with one attached hydrogen (secondary N) is 6. The van der Waals surface area contributed by atoms with Crippen molar-refractivity contribution in [3.05, 3.63) is 48.5 Å². The molecule has 0 unspecified atom stereocenters. The Balaban J connectivity index is 1.76. The van der Waals surface area contributed by atoms with Crippen LogP contribution in [-0.2, 0) is 19.2 Å². The molecule has 0 atom stereocenters. The van der Waals surface area contributed by atoms with Gasteiger partial charge in [-0.1, -0.05) is 31.9 Å². The van der Waals surface area contributed by atoms with Gasteiger partial charge >= 0.3 is 11.8 Å². The Labute approximate surface area is 188 Å². The van der Waals surface area contributed by atoms with Crippen molar-refractivity contribution in [1.29, 1.82) is 0 Å². The molecule has 0 saturated carbocycles. The van der Waals surface area contributed by atoms with Gasteiger partial charge in [-0.25, -0.2) is 0 Å². The third kappa shape index (κ3) is 7.72. The topological polar surface area (TPSA) is 140 Å². The van der Waals surface area contributed by atoms with E-state index in [0.29, 0.717) is 22.7 Å². The molecule has 30 heavy (non-hydrogen) atoms. The number of halogens is 2. The molecule has 0 heterocycles. The molecule has 0 radical (unpaired) electrons. The van der Waals surface area contributed by atoms with Crippen molar-refractivity contribution in [2.45, 2.75) is 0 Å². The van der Waals surface area contributed by atoms with E-state index in [9.17, 15) is 19.2 Å². The van der Waals surface area contributed by atoms with Crippen LogP contribution in [0.25, 0.3) is 0 Å². The molecule has 6 N–H and O–H groups in total. The zero-order valence-electron chi connectivity index (χ0n) is 15.4. The van der Waals surface area contributed by atoms with Gasteiger partial charge in [0.15, 0.2) is 0 Å². The van der Waals surface area contributed by atoms with E-state index in [2.05, 4.69) is 64.2 Å². The fraction of sp³-hybridized carbons (Fsp3) is 0.111. The van der Waals surface area contributed by atoms with E-state index in [1.807, 2.05) is 0 Å². The van der Waals surface area contributed by atoms with E-state index < -0.39 is 11.8 Å². The summed E-state index contributed by atoms with van der Waals surface area (Å²) in [6.45, 7) is 0. The number of amides is 4. The average Bonchev–Trinajstić information content (AvgIpc) is 2.77. The van der Waals surface area contributed by atoms with Gasteiger partial charge in [0.05, 0.1) is 22.0 Å². The average molecular weight is 542 g/mol. The van der Waals surface area contributed by atoms with Crippen molar-refractivity contribution in [3.8, 4) is 0 Å². The summed E-state index contributed by atoms with van der Waals surface area (Å²) in [7, 11) is 0. The first-order valence-electron chi connectivity index (χ1n) is 8.45. The van der Waals surface area contributed by atoms with Crippen LogP contribution in [0, 0.1) is 0 Å². The molecule has 0 fully saturated rings. The van der Waals surface area contributed by atoms with Gasteiger partial charge in [0.2, 0.25) is 11.8 Å². The summed E-state index contributed by atoms with van der Waals surface area (Å²) in [5.41, 5.74) is 11.9. The summed E-state index contributed by atoms with van der Waals surface area (Å²) in [5, 5.41) is 5.68. The molecule has 4 amide bonds. The molecule has 2 aromatic carbocycles. The predicted octanol–water partition coefficient (Wildman–Crippen LogP) is 1.94. The van der Waals surface area contributed by atoms with Crippen LogP contribution in [0.3, 0.4) is 0 Å². The van der Waals surface area contributed by atoms with Gasteiger partial charge in [-0.05, 0) is 48.5 Å². The van der Waals surface area contributed by atoms with Crippen molar-refractivity contribution >= 4 is 78.2 Å². The second-order valence-corrected chi connectivity index (χ2v) is 6.80. The standard InChI is InChI=1S/C18H18Br2N6O4/c19-9-15(27)21-11-1-5-13(6-2-11)23-25-17(29)18(30)26-24-14-7-3-12(4-8-14)22-16(28)10-20/h1-8,23-24H,9-10H2,(H,21,27)(H,22,28)(H,25,29)(H,26,30). The molecule has 10 nitrogen and oxygen atoms in total. The van der Waals surface area contributed by atoms with Crippen molar-refractivity contribution in [3.63, 3.8) is 0 Å². The second kappa shape index (κ2) is 11.8. The minimum absolute atomic E-state index is 0.185. The second-order valence-electron chi connectivity index (χ2n) is 5.68. The monoisotopic (exact) mass is 540 g/mol. The van der Waals surface area contributed by atoms with Crippen LogP contribution in [0.2, 0.25) is 0 Å². The molecule has 0 aliphatic rings. The van der Waals surface area contributed by atoms with Crippen LogP contribution < -0.4 is 32.3 Å². The Hall–Kier alpha value is -3.12. The number of benzene rings is 2. The van der Waals surface area contributed by atoms with E-state index in [1.54, 1.807) is 48.5 Å². The number of carbonyl (C=O) groups excluding carboxylic acids is 4. The molecule has 0 saturated heterocycles. The molecule has 0 bridgehead atoms. The Bertz CT molecular complexity index is 830. The van der Waals surface area contributed by atoms with Crippen LogP contribution in [-0.4, -0.2) is 34.3 Å². The minimum atomic E-state index is -0.916. The van der Waals surface area contributed by atoms with Crippen LogP contribution in [0.5, 0.6) is 0 Å². The van der Waals surface area contributed by atoms with Crippen LogP contribution in [0.15, 0.2) is 48.5 Å². The largest absolute Gasteiger partial charge is 0.329 e. The van der Waals surface area contributed by atoms with Crippen LogP contribution in [0.4, 0.5) is 22.7 Å². The Morgan fingerprint density at radius 1 is 0.567 bits per heavy atom. The lowest BCUT2D eigenvalue weighted by Crippen LogP contribution is -2.44. The lowest BCUT2D eigenvalue weighted by atomic mass is 10.3. The number of anilines is 4. The lowest BCUT2D eigenvalue weighted by Gasteiger charge is -2.11. The number of alkyl halides is 2. The van der Waals surface area contributed by atoms with Crippen molar-refractivity contribution in [1.82, 2.24) is 10.9 Å². The summed E-state index contributed by atoms with van der Waals surface area (Å²) in [6.07, 6.45) is 0. The zero-order chi connectivity index (χ0) is 21.9. The fourth-order valence-electron chi connectivity index (χ4n) is 2.03. The Morgan fingerprint density at radius 2 is 0.867 bits per heavy atom. The molecular weight excluding hydrogens is 524 g/mol. The Morgan fingerprint density at radius 3 is 1.17 bits per heavy atom. The van der Waals surface area contributed by atoms with Crippen LogP contribution >= 0.6 is 31.9 Å². The normalized spacial score (nSPS) is 9.80. The van der Waals surface area contributed by atoms with Crippen molar-refractivity contribution < 1.29 is 19.2 Å². The maximum atomic E-state index is 11.9. The van der Waals surface area contributed by atoms with E-state index in [4.69, 9.17) is 0 Å². The molecular formula is C18H18Br2N6O4. The Kier molecular flexibility index (Phi) is 9.09. The summed E-state index contributed by atoms with van der Waals surface area (Å²) >= 11 is 6.10. The van der Waals surface area contributed by atoms with Gasteiger partial charge in [-0.2, -0.15) is 0 Å². The van der Waals surface area contributed by atoms with Crippen molar-refractivity contribution in [2.75, 3.05) is 32.1 Å². The SMILES string of the molecule is O=C(CBr)Nc1ccc(NNC(=O)C(=O)NNc2ccc(NC(=O)CBr)cc2)cc1. The van der Waals surface area contributed by atoms with Gasteiger partial charge in [-0.3, -0.25) is 40.9 Å². The maximum Gasteiger partial charge on any atom is 0.329 e. The fourth-order valence-corrected chi connectivity index (χ4v) is 2.31. The van der Waals surface area contributed by atoms with Gasteiger partial charge in [-0.15, -0.1) is 0 Å². The highest BCUT2D eigenvalue weighted by Gasteiger charge is 2.12. The highest BCUT2D eigenvalue weighted by Crippen LogP contribution is 2.14. The predicted molar refractivity (Wildman–Crippen MR) is 121 cm³/mol. The molecule has 2 rings (SSSR count). The third-order valence-corrected chi connectivity index (χ3v) is 4.45. The maximum absolute atomic E-state index is 11.9. The molecule has 2 aromatic rings. The number of hydrogen-bond acceptors (Lipinski definition) is 6. The lowest BCUT2D eigenvalue weighted by molar-refractivity contribution is -0.138. The zero-order valence-corrected chi connectivity index (χ0v) is 18.6. The molecule has 0 aromatic heterocycles. The molecule has 158 valence electrons. The molecule has 0 aliphatic heterocycles. The van der Waals surface area contributed by atoms with Crippen LogP contribution in [0.1, 0.15) is 0 Å². The number of hydrazine groups is 2. The van der Waals surface area contributed by atoms with Gasteiger partial charge in [0, 0.05) is 11.4 Å². The molecule has 0 spiro atoms. The first-order valence-corrected chi connectivity index (χ1v) is 10.7. The number of carbonyl (C=O) groups is 4. The summed E-state index contributed by atoms with van der Waals surface area (Å²) < 4.78 is 0. The number of hydrogen-bond donors (Lipinski definition) is 6. The first-order chi connectivity index (χ1) is 14.4. The van der Waals surface area contributed by atoms with E-state index >= 15 is 0 Å². The van der Waals surface area contributed by atoms with Gasteiger partial charge < -0.3 is 10.6 Å². The van der Waals surface area contributed by atoms with E-state index in [0.717, 1.165) is 0 Å². The highest BCUT2D eigenvalue weighted by molar-refractivity contribution is 9.09. The summed E-state index contributed by atoms with van der Waals surface area (Å²) in [5.74, 6) is -2.21. The van der Waals surface area contributed by atoms with E-state index in [-0.39, 0.29) is 22.5 Å². The first kappa shape index (κ1) is 23.2. The van der Waals surface area contributed by atoms with E-state index in [1.165, 1.54) is 0 Å². The summed E-state index contributed by atoms with van der Waals surface area (Å²) in [4.78, 5) is 46.3. The van der Waals surface area contributed by atoms with Crippen molar-refractivity contribution in [2.24, 2.45) is 0 Å². The third-order valence-electron chi connectivity index (χ3n) is 3.43. The number of rotatable bonds is 8. The smallest absolute Gasteiger partial charge is 0.325 e. The van der Waals surface area contributed by atoms with Gasteiger partial charge in [0.25, 0.3) is 0 Å². The summed E-state index contributed by atoms with van der Waals surface area (Å²) in [6, 6.07) is 13.0. The van der Waals surface area contributed by atoms with Gasteiger partial charge in [0.1, 0.15) is 0 Å². The quantitative estimate of drug-likeness (QED) is 0.171. The molecule has 12 heteroatoms. The highest BCUT2D eigenvalue weighted by atomic mass is 79.9.